The lowest BCUT2D eigenvalue weighted by atomic mass is 9.93. The first-order valence-electron chi connectivity index (χ1n) is 8.67. The van der Waals surface area contributed by atoms with Crippen molar-refractivity contribution in [3.05, 3.63) is 47.8 Å². The van der Waals surface area contributed by atoms with E-state index in [-0.39, 0.29) is 12.1 Å². The number of ether oxygens (including phenoxy) is 1. The van der Waals surface area contributed by atoms with Crippen molar-refractivity contribution < 1.29 is 9.53 Å². The van der Waals surface area contributed by atoms with Crippen molar-refractivity contribution in [1.82, 2.24) is 20.1 Å². The van der Waals surface area contributed by atoms with Crippen molar-refractivity contribution >= 4 is 22.6 Å². The molecular weight excluding hydrogens is 330 g/mol. The fourth-order valence-electron chi connectivity index (χ4n) is 3.48. The minimum absolute atomic E-state index is 0.00108. The van der Waals surface area contributed by atoms with E-state index in [1.54, 1.807) is 13.2 Å². The highest BCUT2D eigenvalue weighted by atomic mass is 16.5. The van der Waals surface area contributed by atoms with E-state index in [2.05, 4.69) is 20.7 Å². The first kappa shape index (κ1) is 16.4. The molecular formula is C19H21N5O2. The molecule has 1 unspecified atom stereocenters. The molecule has 0 fully saturated rings. The number of carbonyl (C=O) groups excluding carboxylic acids is 1. The summed E-state index contributed by atoms with van der Waals surface area (Å²) in [7, 11) is 3.53. The monoisotopic (exact) mass is 351 g/mol. The summed E-state index contributed by atoms with van der Waals surface area (Å²) in [4.78, 5) is 16.8. The first-order chi connectivity index (χ1) is 12.6. The molecule has 134 valence electrons. The summed E-state index contributed by atoms with van der Waals surface area (Å²) in [6.45, 7) is 0. The second-order valence-corrected chi connectivity index (χ2v) is 6.47. The third kappa shape index (κ3) is 3.08. The zero-order valence-corrected chi connectivity index (χ0v) is 14.8. The van der Waals surface area contributed by atoms with Crippen LogP contribution in [-0.2, 0) is 13.5 Å². The SMILES string of the molecule is COc1ccc2cc(NC(=O)NC3CCCc4c3cnn4C)ccc2n1. The van der Waals surface area contributed by atoms with E-state index >= 15 is 0 Å². The minimum Gasteiger partial charge on any atom is -0.481 e. The summed E-state index contributed by atoms with van der Waals surface area (Å²) in [5.41, 5.74) is 3.86. The van der Waals surface area contributed by atoms with Crippen LogP contribution < -0.4 is 15.4 Å². The number of amides is 2. The highest BCUT2D eigenvalue weighted by Gasteiger charge is 2.24. The number of rotatable bonds is 3. The molecule has 0 spiro atoms. The fraction of sp³-hybridized carbons (Fsp3) is 0.316. The molecule has 7 heteroatoms. The molecule has 3 aromatic rings. The topological polar surface area (TPSA) is 81.1 Å². The highest BCUT2D eigenvalue weighted by Crippen LogP contribution is 2.29. The van der Waals surface area contributed by atoms with Gasteiger partial charge in [0.05, 0.1) is 24.9 Å². The van der Waals surface area contributed by atoms with Gasteiger partial charge in [0.1, 0.15) is 0 Å². The number of pyridine rings is 1. The molecule has 7 nitrogen and oxygen atoms in total. The smallest absolute Gasteiger partial charge is 0.319 e. The van der Waals surface area contributed by atoms with Crippen LogP contribution in [0.15, 0.2) is 36.5 Å². The van der Waals surface area contributed by atoms with Crippen molar-refractivity contribution in [2.75, 3.05) is 12.4 Å². The summed E-state index contributed by atoms with van der Waals surface area (Å²) in [6, 6.07) is 9.12. The Morgan fingerprint density at radius 2 is 2.19 bits per heavy atom. The largest absolute Gasteiger partial charge is 0.481 e. The number of aryl methyl sites for hydroxylation is 1. The third-order valence-electron chi connectivity index (χ3n) is 4.81. The number of methoxy groups -OCH3 is 1. The molecule has 0 saturated carbocycles. The zero-order valence-electron chi connectivity index (χ0n) is 14.8. The molecule has 1 aliphatic rings. The summed E-state index contributed by atoms with van der Waals surface area (Å²) in [5, 5.41) is 11.2. The fourth-order valence-corrected chi connectivity index (χ4v) is 3.48. The number of hydrogen-bond acceptors (Lipinski definition) is 4. The molecule has 2 amide bonds. The van der Waals surface area contributed by atoms with Gasteiger partial charge in [0.25, 0.3) is 0 Å². The van der Waals surface area contributed by atoms with E-state index in [1.165, 1.54) is 5.69 Å². The average Bonchev–Trinajstić information content (AvgIpc) is 3.03. The van der Waals surface area contributed by atoms with Crippen LogP contribution in [-0.4, -0.2) is 27.9 Å². The van der Waals surface area contributed by atoms with Gasteiger partial charge in [-0.2, -0.15) is 5.10 Å². The third-order valence-corrected chi connectivity index (χ3v) is 4.81. The maximum atomic E-state index is 12.4. The number of hydrogen-bond donors (Lipinski definition) is 2. The summed E-state index contributed by atoms with van der Waals surface area (Å²) >= 11 is 0. The number of aromatic nitrogens is 3. The van der Waals surface area contributed by atoms with Crippen molar-refractivity contribution in [2.45, 2.75) is 25.3 Å². The van der Waals surface area contributed by atoms with Crippen LogP contribution in [0.5, 0.6) is 5.88 Å². The Balaban J connectivity index is 1.47. The number of carbonyl (C=O) groups is 1. The molecule has 0 aliphatic heterocycles. The second-order valence-electron chi connectivity index (χ2n) is 6.47. The Kier molecular flexibility index (Phi) is 4.20. The van der Waals surface area contributed by atoms with E-state index < -0.39 is 0 Å². The quantitative estimate of drug-likeness (QED) is 0.759. The predicted octanol–water partition coefficient (Wildman–Crippen LogP) is 3.18. The van der Waals surface area contributed by atoms with Crippen LogP contribution in [0, 0.1) is 0 Å². The van der Waals surface area contributed by atoms with Gasteiger partial charge in [0.2, 0.25) is 5.88 Å². The summed E-state index contributed by atoms with van der Waals surface area (Å²) < 4.78 is 7.03. The van der Waals surface area contributed by atoms with Gasteiger partial charge in [-0.05, 0) is 43.5 Å². The van der Waals surface area contributed by atoms with Gasteiger partial charge in [-0.15, -0.1) is 0 Å². The van der Waals surface area contributed by atoms with Crippen molar-refractivity contribution in [3.63, 3.8) is 0 Å². The van der Waals surface area contributed by atoms with Crippen LogP contribution in [0.3, 0.4) is 0 Å². The van der Waals surface area contributed by atoms with Gasteiger partial charge in [0, 0.05) is 35.4 Å². The van der Waals surface area contributed by atoms with Crippen LogP contribution >= 0.6 is 0 Å². The number of benzene rings is 1. The Morgan fingerprint density at radius 3 is 3.04 bits per heavy atom. The molecule has 2 N–H and O–H groups in total. The standard InChI is InChI=1S/C19H21N5O2/c1-24-17-5-3-4-16(14(17)11-20-24)23-19(25)21-13-7-8-15-12(10-13)6-9-18(22-15)26-2/h6-11,16H,3-5H2,1-2H3,(H2,21,23,25). The van der Waals surface area contributed by atoms with E-state index in [4.69, 9.17) is 4.74 Å². The van der Waals surface area contributed by atoms with Crippen LogP contribution in [0.2, 0.25) is 0 Å². The highest BCUT2D eigenvalue weighted by molar-refractivity contribution is 5.92. The average molecular weight is 351 g/mol. The maximum Gasteiger partial charge on any atom is 0.319 e. The Bertz CT molecular complexity index is 966. The number of fused-ring (bicyclic) bond motifs is 2. The van der Waals surface area contributed by atoms with Crippen molar-refractivity contribution in [1.29, 1.82) is 0 Å². The number of nitrogens with zero attached hydrogens (tertiary/aromatic N) is 3. The molecule has 2 aromatic heterocycles. The van der Waals surface area contributed by atoms with Gasteiger partial charge < -0.3 is 15.4 Å². The minimum atomic E-state index is -0.215. The second kappa shape index (κ2) is 6.67. The molecule has 1 atom stereocenters. The first-order valence-corrected chi connectivity index (χ1v) is 8.67. The zero-order chi connectivity index (χ0) is 18.1. The van der Waals surface area contributed by atoms with E-state index in [0.717, 1.165) is 41.4 Å². The molecule has 0 saturated heterocycles. The summed E-state index contributed by atoms with van der Waals surface area (Å²) in [6.07, 6.45) is 4.83. The van der Waals surface area contributed by atoms with E-state index in [9.17, 15) is 4.79 Å². The van der Waals surface area contributed by atoms with E-state index in [0.29, 0.717) is 5.88 Å². The van der Waals surface area contributed by atoms with Gasteiger partial charge in [-0.3, -0.25) is 4.68 Å². The maximum absolute atomic E-state index is 12.4. The van der Waals surface area contributed by atoms with Crippen molar-refractivity contribution in [2.24, 2.45) is 7.05 Å². The molecule has 1 aromatic carbocycles. The van der Waals surface area contributed by atoms with Crippen LogP contribution in [0.1, 0.15) is 30.1 Å². The number of nitrogens with one attached hydrogen (secondary N) is 2. The van der Waals surface area contributed by atoms with Crippen molar-refractivity contribution in [3.8, 4) is 5.88 Å². The normalized spacial score (nSPS) is 16.2. The van der Waals surface area contributed by atoms with Gasteiger partial charge in [-0.25, -0.2) is 9.78 Å². The van der Waals surface area contributed by atoms with Gasteiger partial charge >= 0.3 is 6.03 Å². The molecule has 26 heavy (non-hydrogen) atoms. The Hall–Kier alpha value is -3.09. The Labute approximate surface area is 151 Å². The lowest BCUT2D eigenvalue weighted by molar-refractivity contribution is 0.247. The Morgan fingerprint density at radius 1 is 1.31 bits per heavy atom. The molecule has 0 radical (unpaired) electrons. The van der Waals surface area contributed by atoms with Crippen LogP contribution in [0.4, 0.5) is 10.5 Å². The predicted molar refractivity (Wildman–Crippen MR) is 99.3 cm³/mol. The number of urea groups is 1. The lowest BCUT2D eigenvalue weighted by Crippen LogP contribution is -2.34. The lowest BCUT2D eigenvalue weighted by Gasteiger charge is -2.24. The van der Waals surface area contributed by atoms with Gasteiger partial charge in [-0.1, -0.05) is 0 Å². The summed E-state index contributed by atoms with van der Waals surface area (Å²) in [5.74, 6) is 0.570. The van der Waals surface area contributed by atoms with E-state index in [1.807, 2.05) is 42.2 Å². The van der Waals surface area contributed by atoms with Crippen LogP contribution in [0.25, 0.3) is 10.9 Å². The molecule has 0 bridgehead atoms. The molecule has 1 aliphatic carbocycles. The molecule has 4 rings (SSSR count). The van der Waals surface area contributed by atoms with Gasteiger partial charge in [0.15, 0.2) is 0 Å². The number of anilines is 1. The molecule has 2 heterocycles.